The fraction of sp³-hybridized carbons (Fsp3) is 0.733. The molecule has 1 aromatic rings. The highest BCUT2D eigenvalue weighted by molar-refractivity contribution is 5.50. The van der Waals surface area contributed by atoms with Crippen molar-refractivity contribution in [2.45, 2.75) is 24.9 Å². The standard InChI is InChI=1S/C15H15N3O2/c1-16-12(19)17-10-7-6-8(7)11(18(17)13(16)20)15-5-3-2-4-14(10,15)9(6)15/h2-3,6-11H,4-5H2,1H3/t6?,7-,8-,9?,10-,11-,14+,15+/m0/s1. The Morgan fingerprint density at radius 1 is 0.950 bits per heavy atom. The van der Waals surface area contributed by atoms with Crippen LogP contribution in [0.2, 0.25) is 0 Å². The van der Waals surface area contributed by atoms with Crippen LogP contribution in [0.25, 0.3) is 0 Å². The molecule has 5 nitrogen and oxygen atoms in total. The van der Waals surface area contributed by atoms with E-state index in [1.54, 1.807) is 7.05 Å². The minimum Gasteiger partial charge on any atom is -0.246 e. The number of nitrogens with zero attached hydrogens (tertiary/aromatic N) is 3. The topological polar surface area (TPSA) is 48.9 Å². The quantitative estimate of drug-likeness (QED) is 0.635. The van der Waals surface area contributed by atoms with Crippen molar-refractivity contribution < 1.29 is 0 Å². The molecule has 2 aliphatic heterocycles. The van der Waals surface area contributed by atoms with Crippen molar-refractivity contribution >= 4 is 0 Å². The molecule has 7 aliphatic rings. The normalized spacial score (nSPS) is 60.5. The molecule has 0 amide bonds. The van der Waals surface area contributed by atoms with Gasteiger partial charge in [-0.1, -0.05) is 12.2 Å². The van der Waals surface area contributed by atoms with Crippen molar-refractivity contribution in [3.63, 3.8) is 0 Å². The predicted octanol–water partition coefficient (Wildman–Crippen LogP) is 0.286. The summed E-state index contributed by atoms with van der Waals surface area (Å²) < 4.78 is 5.06. The molecule has 0 saturated heterocycles. The van der Waals surface area contributed by atoms with Crippen molar-refractivity contribution in [1.29, 1.82) is 0 Å². The van der Waals surface area contributed by atoms with E-state index in [2.05, 4.69) is 12.2 Å². The van der Waals surface area contributed by atoms with Crippen molar-refractivity contribution in [2.24, 2.45) is 41.5 Å². The highest BCUT2D eigenvalue weighted by Crippen LogP contribution is 3.04. The molecule has 5 heteroatoms. The summed E-state index contributed by atoms with van der Waals surface area (Å²) in [5.74, 6) is 3.03. The summed E-state index contributed by atoms with van der Waals surface area (Å²) in [5, 5.41) is 0. The summed E-state index contributed by atoms with van der Waals surface area (Å²) in [6, 6.07) is 0.637. The lowest BCUT2D eigenvalue weighted by molar-refractivity contribution is -0.00147. The molecule has 4 fully saturated rings. The zero-order valence-corrected chi connectivity index (χ0v) is 11.2. The molecule has 0 N–H and O–H groups in total. The minimum absolute atomic E-state index is 0.0841. The molecule has 2 spiro atoms. The van der Waals surface area contributed by atoms with E-state index in [1.807, 2.05) is 9.36 Å². The molecule has 8 rings (SSSR count). The number of aromatic nitrogens is 3. The molecule has 3 heterocycles. The lowest BCUT2D eigenvalue weighted by Gasteiger charge is -2.49. The second kappa shape index (κ2) is 2.11. The van der Waals surface area contributed by atoms with Crippen molar-refractivity contribution in [2.75, 3.05) is 0 Å². The van der Waals surface area contributed by atoms with Crippen molar-refractivity contribution in [1.82, 2.24) is 13.9 Å². The molecule has 2 bridgehead atoms. The van der Waals surface area contributed by atoms with Crippen LogP contribution in [-0.4, -0.2) is 13.9 Å². The number of allylic oxidation sites excluding steroid dienone is 2. The Kier molecular flexibility index (Phi) is 0.992. The van der Waals surface area contributed by atoms with Crippen LogP contribution in [0, 0.1) is 34.5 Å². The highest BCUT2D eigenvalue weighted by Gasteiger charge is 3.02. The van der Waals surface area contributed by atoms with Gasteiger partial charge in [0.05, 0.1) is 12.1 Å². The predicted molar refractivity (Wildman–Crippen MR) is 69.2 cm³/mol. The third-order valence-electron chi connectivity index (χ3n) is 8.06. The molecule has 0 unspecified atom stereocenters. The van der Waals surface area contributed by atoms with E-state index in [0.29, 0.717) is 34.7 Å². The first-order valence-corrected chi connectivity index (χ1v) is 7.73. The van der Waals surface area contributed by atoms with E-state index >= 15 is 0 Å². The molecule has 102 valence electrons. The van der Waals surface area contributed by atoms with Gasteiger partial charge in [-0.2, -0.15) is 0 Å². The summed E-state index contributed by atoms with van der Waals surface area (Å²) in [6.07, 6.45) is 6.92. The smallest absolute Gasteiger partial charge is 0.246 e. The van der Waals surface area contributed by atoms with Crippen LogP contribution in [0.4, 0.5) is 0 Å². The third-order valence-corrected chi connectivity index (χ3v) is 8.06. The number of rotatable bonds is 0. The van der Waals surface area contributed by atoms with Gasteiger partial charge in [0, 0.05) is 17.9 Å². The number of hydrogen-bond donors (Lipinski definition) is 0. The Morgan fingerprint density at radius 3 is 1.95 bits per heavy atom. The van der Waals surface area contributed by atoms with Crippen LogP contribution < -0.4 is 11.4 Å². The van der Waals surface area contributed by atoms with Crippen LogP contribution in [0.15, 0.2) is 21.7 Å². The lowest BCUT2D eigenvalue weighted by Crippen LogP contribution is -2.53. The van der Waals surface area contributed by atoms with Gasteiger partial charge >= 0.3 is 11.4 Å². The van der Waals surface area contributed by atoms with Gasteiger partial charge in [0.15, 0.2) is 0 Å². The first-order chi connectivity index (χ1) is 9.68. The van der Waals surface area contributed by atoms with Gasteiger partial charge in [0.2, 0.25) is 0 Å². The minimum atomic E-state index is -0.0841. The Labute approximate surface area is 114 Å². The van der Waals surface area contributed by atoms with Gasteiger partial charge in [-0.25, -0.2) is 23.5 Å². The Morgan fingerprint density at radius 2 is 1.45 bits per heavy atom. The van der Waals surface area contributed by atoms with Crippen LogP contribution in [0.3, 0.4) is 0 Å². The van der Waals surface area contributed by atoms with Gasteiger partial charge in [-0.3, -0.25) is 0 Å². The molecule has 6 atom stereocenters. The molecule has 20 heavy (non-hydrogen) atoms. The summed E-state index contributed by atoms with van der Waals surface area (Å²) in [6.45, 7) is 0. The molecule has 1 aromatic heterocycles. The van der Waals surface area contributed by atoms with E-state index in [9.17, 15) is 9.59 Å². The fourth-order valence-electron chi connectivity index (χ4n) is 7.92. The average Bonchev–Trinajstić information content (AvgIpc) is 3.24. The van der Waals surface area contributed by atoms with Gasteiger partial charge in [0.1, 0.15) is 0 Å². The van der Waals surface area contributed by atoms with E-state index in [4.69, 9.17) is 0 Å². The Balaban J connectivity index is 1.69. The summed E-state index contributed by atoms with van der Waals surface area (Å²) in [4.78, 5) is 25.0. The van der Waals surface area contributed by atoms with E-state index in [0.717, 1.165) is 24.7 Å². The van der Waals surface area contributed by atoms with Gasteiger partial charge in [-0.05, 0) is 36.5 Å². The first-order valence-electron chi connectivity index (χ1n) is 7.73. The van der Waals surface area contributed by atoms with Crippen molar-refractivity contribution in [3.8, 4) is 0 Å². The van der Waals surface area contributed by atoms with Crippen LogP contribution >= 0.6 is 0 Å². The molecule has 0 aromatic carbocycles. The third kappa shape index (κ3) is 0.504. The Bertz CT molecular complexity index is 820. The summed E-state index contributed by atoms with van der Waals surface area (Å²) >= 11 is 0. The zero-order valence-electron chi connectivity index (χ0n) is 11.2. The van der Waals surface area contributed by atoms with Gasteiger partial charge in [-0.15, -0.1) is 0 Å². The van der Waals surface area contributed by atoms with Crippen LogP contribution in [0.5, 0.6) is 0 Å². The first kappa shape index (κ1) is 9.42. The number of hydrogen-bond acceptors (Lipinski definition) is 2. The van der Waals surface area contributed by atoms with Gasteiger partial charge in [0.25, 0.3) is 0 Å². The zero-order chi connectivity index (χ0) is 13.2. The SMILES string of the molecule is Cn1c(=O)n2n(c1=O)[C@H]1[C@H]3C4C5[C@]6(CC=CC[C@@]516)[C@@H]2[C@@H]43. The summed E-state index contributed by atoms with van der Waals surface area (Å²) in [7, 11) is 1.63. The second-order valence-corrected chi connectivity index (χ2v) is 7.87. The lowest BCUT2D eigenvalue weighted by atomic mass is 9.67. The Hall–Kier alpha value is -1.52. The van der Waals surface area contributed by atoms with E-state index in [1.165, 1.54) is 4.57 Å². The van der Waals surface area contributed by atoms with Crippen LogP contribution in [0.1, 0.15) is 24.9 Å². The second-order valence-electron chi connectivity index (χ2n) is 7.87. The maximum Gasteiger partial charge on any atom is 0.347 e. The molecular weight excluding hydrogens is 254 g/mol. The van der Waals surface area contributed by atoms with Crippen molar-refractivity contribution in [3.05, 3.63) is 33.1 Å². The largest absolute Gasteiger partial charge is 0.347 e. The molecular formula is C15H15N3O2. The maximum atomic E-state index is 12.5. The maximum absolute atomic E-state index is 12.5. The monoisotopic (exact) mass is 269 g/mol. The average molecular weight is 269 g/mol. The molecule has 5 aliphatic carbocycles. The summed E-state index contributed by atoms with van der Waals surface area (Å²) in [5.41, 5.74) is 0.515. The molecule has 0 radical (unpaired) electrons. The fourth-order valence-corrected chi connectivity index (χ4v) is 7.92. The van der Waals surface area contributed by atoms with E-state index in [-0.39, 0.29) is 11.4 Å². The highest BCUT2D eigenvalue weighted by atomic mass is 16.2. The van der Waals surface area contributed by atoms with E-state index < -0.39 is 0 Å². The van der Waals surface area contributed by atoms with Gasteiger partial charge < -0.3 is 0 Å². The van der Waals surface area contributed by atoms with Crippen LogP contribution in [-0.2, 0) is 7.05 Å². The molecule has 4 saturated carbocycles.